The number of esters is 1. The van der Waals surface area contributed by atoms with E-state index in [0.29, 0.717) is 18.6 Å². The Bertz CT molecular complexity index is 1180. The van der Waals surface area contributed by atoms with Crippen LogP contribution < -0.4 is 0 Å². The fourth-order valence-corrected chi connectivity index (χ4v) is 8.00. The van der Waals surface area contributed by atoms with Crippen LogP contribution in [0.15, 0.2) is 16.5 Å². The van der Waals surface area contributed by atoms with Crippen molar-refractivity contribution >= 4 is 11.7 Å². The standard InChI is InChI=1S/C34H58N2O11/c1-16-14-34(9)30(46-32-25(37)23(36(10)11)13-17(2)42-32)19(4)27(44-24-15-33(8,41-12)29(38)22(7)43-24)20(5)31(39)45-28(21(6)35-40)18(3)26(16)47-34/h17-20,22-25,27-30,32,37-38,40H,13-15H2,1-12H3/b35-21+/t17?,18-,19-,20+,22?,23?,24-,25?,27-,28-,29-,30+,32-,33?,34+/m0/s1. The van der Waals surface area contributed by atoms with Gasteiger partial charge < -0.3 is 53.5 Å². The topological polar surface area (TPSA) is 158 Å². The normalized spacial score (nSPS) is 47.0. The van der Waals surface area contributed by atoms with Crippen molar-refractivity contribution in [2.45, 2.75) is 154 Å². The third-order valence-corrected chi connectivity index (χ3v) is 10.9. The average molecular weight is 671 g/mol. The summed E-state index contributed by atoms with van der Waals surface area (Å²) in [6, 6.07) is -0.202. The summed E-state index contributed by atoms with van der Waals surface area (Å²) in [5.41, 5.74) is -0.754. The molecule has 0 aromatic rings. The van der Waals surface area contributed by atoms with Crippen LogP contribution in [-0.2, 0) is 38.0 Å². The molecule has 13 heteroatoms. The van der Waals surface area contributed by atoms with Crippen molar-refractivity contribution < 1.29 is 53.4 Å². The van der Waals surface area contributed by atoms with Gasteiger partial charge in [-0.2, -0.15) is 0 Å². The molecule has 3 saturated heterocycles. The maximum atomic E-state index is 14.0. The number of carbonyl (C=O) groups excluding carboxylic acids is 1. The van der Waals surface area contributed by atoms with Crippen LogP contribution in [-0.4, -0.2) is 126 Å². The molecule has 15 atom stereocenters. The summed E-state index contributed by atoms with van der Waals surface area (Å²) in [6.07, 6.45) is -5.66. The van der Waals surface area contributed by atoms with Gasteiger partial charge in [-0.05, 0) is 74.6 Å². The first-order chi connectivity index (χ1) is 21.9. The predicted octanol–water partition coefficient (Wildman–Crippen LogP) is 3.22. The van der Waals surface area contributed by atoms with Crippen molar-refractivity contribution in [1.82, 2.24) is 4.90 Å². The maximum Gasteiger partial charge on any atom is 0.311 e. The van der Waals surface area contributed by atoms with Gasteiger partial charge in [-0.3, -0.25) is 4.79 Å². The summed E-state index contributed by atoms with van der Waals surface area (Å²) in [5, 5.41) is 35.5. The number of likely N-dealkylation sites (N-methyl/N-ethyl adjacent to an activating group) is 1. The number of ether oxygens (including phenoxy) is 7. The molecule has 47 heavy (non-hydrogen) atoms. The van der Waals surface area contributed by atoms with Crippen LogP contribution in [0.4, 0.5) is 0 Å². The van der Waals surface area contributed by atoms with E-state index in [4.69, 9.17) is 33.2 Å². The minimum Gasteiger partial charge on any atom is -0.488 e. The number of nitrogens with zero attached hydrogens (tertiary/aromatic N) is 2. The first-order valence-electron chi connectivity index (χ1n) is 16.8. The fourth-order valence-electron chi connectivity index (χ4n) is 8.00. The van der Waals surface area contributed by atoms with Gasteiger partial charge in [0.2, 0.25) is 0 Å². The lowest BCUT2D eigenvalue weighted by molar-refractivity contribution is -0.316. The zero-order valence-electron chi connectivity index (χ0n) is 30.1. The Labute approximate surface area is 279 Å². The Balaban J connectivity index is 1.80. The molecule has 4 heterocycles. The Morgan fingerprint density at radius 2 is 1.70 bits per heavy atom. The first kappa shape index (κ1) is 38.0. The van der Waals surface area contributed by atoms with Crippen LogP contribution >= 0.6 is 0 Å². The van der Waals surface area contributed by atoms with Gasteiger partial charge in [0, 0.05) is 31.9 Å². The van der Waals surface area contributed by atoms with E-state index in [2.05, 4.69) is 5.16 Å². The lowest BCUT2D eigenvalue weighted by Crippen LogP contribution is -2.60. The molecule has 3 fully saturated rings. The summed E-state index contributed by atoms with van der Waals surface area (Å²) in [5.74, 6) is -1.80. The number of oxime groups is 1. The molecule has 4 aliphatic heterocycles. The lowest BCUT2D eigenvalue weighted by Gasteiger charge is -2.48. The Hall–Kier alpha value is -1.84. The molecule has 270 valence electrons. The molecule has 0 spiro atoms. The van der Waals surface area contributed by atoms with Crippen molar-refractivity contribution in [2.75, 3.05) is 21.2 Å². The minimum atomic E-state index is -0.983. The number of aliphatic hydroxyl groups excluding tert-OH is 2. The van der Waals surface area contributed by atoms with E-state index in [9.17, 15) is 20.2 Å². The Kier molecular flexibility index (Phi) is 11.8. The molecule has 5 unspecified atom stereocenters. The zero-order valence-corrected chi connectivity index (χ0v) is 30.1. The number of cyclic esters (lactones) is 1. The summed E-state index contributed by atoms with van der Waals surface area (Å²) >= 11 is 0. The largest absolute Gasteiger partial charge is 0.488 e. The van der Waals surface area contributed by atoms with Gasteiger partial charge in [-0.1, -0.05) is 19.0 Å². The molecule has 4 rings (SSSR count). The summed E-state index contributed by atoms with van der Waals surface area (Å²) in [4.78, 5) is 16.0. The number of rotatable bonds is 7. The number of hydrogen-bond acceptors (Lipinski definition) is 13. The number of carbonyl (C=O) groups is 1. The van der Waals surface area contributed by atoms with Crippen molar-refractivity contribution in [2.24, 2.45) is 22.9 Å². The van der Waals surface area contributed by atoms with Crippen LogP contribution in [0, 0.1) is 17.8 Å². The van der Waals surface area contributed by atoms with E-state index in [1.807, 2.05) is 53.6 Å². The molecule has 0 aromatic carbocycles. The molecular weight excluding hydrogens is 612 g/mol. The Morgan fingerprint density at radius 3 is 2.30 bits per heavy atom. The first-order valence-corrected chi connectivity index (χ1v) is 16.8. The van der Waals surface area contributed by atoms with Crippen molar-refractivity contribution in [3.63, 3.8) is 0 Å². The average Bonchev–Trinajstić information content (AvgIpc) is 3.33. The highest BCUT2D eigenvalue weighted by atomic mass is 16.7. The summed E-state index contributed by atoms with van der Waals surface area (Å²) in [7, 11) is 5.37. The van der Waals surface area contributed by atoms with E-state index in [0.717, 1.165) is 5.57 Å². The molecule has 0 radical (unpaired) electrons. The van der Waals surface area contributed by atoms with Gasteiger partial charge in [0.15, 0.2) is 18.7 Å². The van der Waals surface area contributed by atoms with Gasteiger partial charge in [0.1, 0.15) is 29.7 Å². The molecular formula is C34H58N2O11. The van der Waals surface area contributed by atoms with Crippen LogP contribution in [0.3, 0.4) is 0 Å². The van der Waals surface area contributed by atoms with Gasteiger partial charge in [-0.15, -0.1) is 0 Å². The summed E-state index contributed by atoms with van der Waals surface area (Å²) < 4.78 is 44.5. The molecule has 4 aliphatic rings. The van der Waals surface area contributed by atoms with Crippen LogP contribution in [0.5, 0.6) is 0 Å². The van der Waals surface area contributed by atoms with Gasteiger partial charge in [0.05, 0.1) is 41.5 Å². The Morgan fingerprint density at radius 1 is 1.04 bits per heavy atom. The number of aliphatic hydroxyl groups is 2. The molecule has 2 bridgehead atoms. The second kappa shape index (κ2) is 14.6. The van der Waals surface area contributed by atoms with Gasteiger partial charge >= 0.3 is 5.97 Å². The minimum absolute atomic E-state index is 0.181. The van der Waals surface area contributed by atoms with Crippen molar-refractivity contribution in [3.05, 3.63) is 11.3 Å². The highest BCUT2D eigenvalue weighted by Crippen LogP contribution is 2.47. The molecule has 13 nitrogen and oxygen atoms in total. The molecule has 0 aromatic heterocycles. The maximum absolute atomic E-state index is 14.0. The second-order valence-electron chi connectivity index (χ2n) is 14.9. The number of hydrogen-bond donors (Lipinski definition) is 3. The van der Waals surface area contributed by atoms with Gasteiger partial charge in [0.25, 0.3) is 0 Å². The zero-order chi connectivity index (χ0) is 35.2. The van der Waals surface area contributed by atoms with Crippen molar-refractivity contribution in [1.29, 1.82) is 0 Å². The van der Waals surface area contributed by atoms with Crippen LogP contribution in [0.2, 0.25) is 0 Å². The van der Waals surface area contributed by atoms with E-state index in [1.165, 1.54) is 7.11 Å². The molecule has 3 N–H and O–H groups in total. The van der Waals surface area contributed by atoms with E-state index >= 15 is 0 Å². The third kappa shape index (κ3) is 7.52. The highest BCUT2D eigenvalue weighted by molar-refractivity contribution is 5.89. The number of methoxy groups -OCH3 is 1. The summed E-state index contributed by atoms with van der Waals surface area (Å²) in [6.45, 7) is 16.6. The predicted molar refractivity (Wildman–Crippen MR) is 172 cm³/mol. The highest BCUT2D eigenvalue weighted by Gasteiger charge is 2.55. The molecule has 0 saturated carbocycles. The smallest absolute Gasteiger partial charge is 0.311 e. The fraction of sp³-hybridized carbons (Fsp3) is 0.882. The monoisotopic (exact) mass is 670 g/mol. The van der Waals surface area contributed by atoms with Crippen molar-refractivity contribution in [3.8, 4) is 0 Å². The SMILES string of the molecule is COC1(C)C[C@H](O[C@H]2[C@H](C)[C@@H](O[C@@H]3OC(C)CC(N(C)C)C3O)[C@@]3(C)CC(C)=C(O3)[C@H](C)[C@@H](/C(C)=N/O)OC(=O)[C@@H]2C)OC(C)[C@@H]1O. The van der Waals surface area contributed by atoms with Crippen LogP contribution in [0.25, 0.3) is 0 Å². The number of fused-ring (bicyclic) bond motifs is 2. The van der Waals surface area contributed by atoms with E-state index in [1.54, 1.807) is 27.7 Å². The van der Waals surface area contributed by atoms with E-state index < -0.39 is 84.1 Å². The van der Waals surface area contributed by atoms with Gasteiger partial charge in [-0.25, -0.2) is 0 Å². The lowest BCUT2D eigenvalue weighted by atomic mass is 9.79. The third-order valence-electron chi connectivity index (χ3n) is 10.9. The van der Waals surface area contributed by atoms with Crippen LogP contribution in [0.1, 0.15) is 81.6 Å². The van der Waals surface area contributed by atoms with E-state index in [-0.39, 0.29) is 24.3 Å². The quantitative estimate of drug-likeness (QED) is 0.158. The second-order valence-corrected chi connectivity index (χ2v) is 14.9. The molecule has 0 aliphatic carbocycles. The molecule has 0 amide bonds.